The predicted molar refractivity (Wildman–Crippen MR) is 72.0 cm³/mol. The van der Waals surface area contributed by atoms with Gasteiger partial charge in [-0.3, -0.25) is 4.90 Å². The zero-order chi connectivity index (χ0) is 11.6. The Labute approximate surface area is 108 Å². The van der Waals surface area contributed by atoms with E-state index in [0.717, 1.165) is 17.8 Å². The van der Waals surface area contributed by atoms with Crippen LogP contribution in [0.4, 0.5) is 5.69 Å². The summed E-state index contributed by atoms with van der Waals surface area (Å²) < 4.78 is 22.5. The number of halogens is 1. The Balaban J connectivity index is 0.00000144. The summed E-state index contributed by atoms with van der Waals surface area (Å²) in [4.78, 5) is 2.15. The molecule has 0 amide bonds. The highest BCUT2D eigenvalue weighted by Crippen LogP contribution is 2.12. The zero-order valence-electron chi connectivity index (χ0n) is 9.50. The lowest BCUT2D eigenvalue weighted by Gasteiger charge is -2.26. The molecule has 0 bridgehead atoms. The van der Waals surface area contributed by atoms with Crippen molar-refractivity contribution in [3.05, 3.63) is 29.8 Å². The van der Waals surface area contributed by atoms with Crippen LogP contribution in [0.15, 0.2) is 24.3 Å². The highest BCUT2D eigenvalue weighted by atomic mass is 35.5. The number of anilines is 1. The van der Waals surface area contributed by atoms with Crippen LogP contribution in [-0.4, -0.2) is 37.9 Å². The molecule has 1 aromatic carbocycles. The maximum absolute atomic E-state index is 11.3. The fourth-order valence-corrected chi connectivity index (χ4v) is 3.13. The molecule has 1 saturated heterocycles. The van der Waals surface area contributed by atoms with Crippen molar-refractivity contribution in [3.63, 3.8) is 0 Å². The summed E-state index contributed by atoms with van der Waals surface area (Å²) in [5.74, 6) is 0.546. The van der Waals surface area contributed by atoms with Crippen molar-refractivity contribution in [1.82, 2.24) is 4.90 Å². The van der Waals surface area contributed by atoms with E-state index in [-0.39, 0.29) is 23.9 Å². The van der Waals surface area contributed by atoms with Gasteiger partial charge in [-0.2, -0.15) is 0 Å². The minimum Gasteiger partial charge on any atom is -0.399 e. The summed E-state index contributed by atoms with van der Waals surface area (Å²) in [7, 11) is -2.78. The highest BCUT2D eigenvalue weighted by Gasteiger charge is 2.21. The summed E-state index contributed by atoms with van der Waals surface area (Å²) in [6.07, 6.45) is 0. The van der Waals surface area contributed by atoms with E-state index in [2.05, 4.69) is 4.90 Å². The number of nitrogens with zero attached hydrogens (tertiary/aromatic N) is 1. The Bertz CT molecular complexity index is 462. The molecule has 6 heteroatoms. The molecule has 1 aromatic rings. The average Bonchev–Trinajstić information content (AvgIpc) is 2.21. The van der Waals surface area contributed by atoms with E-state index in [1.165, 1.54) is 0 Å². The van der Waals surface area contributed by atoms with Crippen molar-refractivity contribution < 1.29 is 8.42 Å². The summed E-state index contributed by atoms with van der Waals surface area (Å²) in [6, 6.07) is 7.72. The Morgan fingerprint density at radius 1 is 1.24 bits per heavy atom. The van der Waals surface area contributed by atoms with Crippen LogP contribution in [0.25, 0.3) is 0 Å². The number of hydrogen-bond donors (Lipinski definition) is 1. The molecule has 0 aromatic heterocycles. The standard InChI is InChI=1S/C11H16N2O2S.ClH/c12-11-3-1-2-10(8-11)9-13-4-6-16(14,15)7-5-13;/h1-3,8H,4-7,9,12H2;1H. The van der Waals surface area contributed by atoms with E-state index in [9.17, 15) is 8.42 Å². The molecule has 0 radical (unpaired) electrons. The molecule has 2 rings (SSSR count). The lowest BCUT2D eigenvalue weighted by molar-refractivity contribution is 0.288. The lowest BCUT2D eigenvalue weighted by atomic mass is 10.2. The first-order valence-corrected chi connectivity index (χ1v) is 7.14. The van der Waals surface area contributed by atoms with Crippen LogP contribution in [0.5, 0.6) is 0 Å². The highest BCUT2D eigenvalue weighted by molar-refractivity contribution is 7.91. The van der Waals surface area contributed by atoms with Gasteiger partial charge in [-0.1, -0.05) is 12.1 Å². The van der Waals surface area contributed by atoms with Crippen molar-refractivity contribution in [2.75, 3.05) is 30.3 Å². The molecule has 0 spiro atoms. The van der Waals surface area contributed by atoms with Crippen molar-refractivity contribution in [3.8, 4) is 0 Å². The van der Waals surface area contributed by atoms with E-state index < -0.39 is 9.84 Å². The third-order valence-corrected chi connectivity index (χ3v) is 4.40. The van der Waals surface area contributed by atoms with E-state index in [4.69, 9.17) is 5.73 Å². The normalized spacial score (nSPS) is 19.5. The molecule has 1 fully saturated rings. The molecule has 1 heterocycles. The van der Waals surface area contributed by atoms with Gasteiger partial charge in [0.25, 0.3) is 0 Å². The van der Waals surface area contributed by atoms with Gasteiger partial charge in [0.15, 0.2) is 9.84 Å². The van der Waals surface area contributed by atoms with Gasteiger partial charge in [0.2, 0.25) is 0 Å². The molecule has 1 aliphatic rings. The molecule has 0 aliphatic carbocycles. The number of rotatable bonds is 2. The second kappa shape index (κ2) is 5.71. The molecule has 0 atom stereocenters. The average molecular weight is 277 g/mol. The number of nitrogens with two attached hydrogens (primary N) is 1. The fraction of sp³-hybridized carbons (Fsp3) is 0.455. The maximum atomic E-state index is 11.3. The largest absolute Gasteiger partial charge is 0.399 e. The zero-order valence-corrected chi connectivity index (χ0v) is 11.1. The van der Waals surface area contributed by atoms with Crippen LogP contribution < -0.4 is 5.73 Å². The third kappa shape index (κ3) is 4.18. The van der Waals surface area contributed by atoms with E-state index in [1.807, 2.05) is 24.3 Å². The SMILES string of the molecule is Cl.Nc1cccc(CN2CCS(=O)(=O)CC2)c1. The van der Waals surface area contributed by atoms with Crippen LogP contribution in [0.2, 0.25) is 0 Å². The van der Waals surface area contributed by atoms with Crippen LogP contribution >= 0.6 is 12.4 Å². The lowest BCUT2D eigenvalue weighted by Crippen LogP contribution is -2.39. The maximum Gasteiger partial charge on any atom is 0.152 e. The summed E-state index contributed by atoms with van der Waals surface area (Å²) in [5.41, 5.74) is 7.58. The Morgan fingerprint density at radius 2 is 1.88 bits per heavy atom. The van der Waals surface area contributed by atoms with Crippen LogP contribution in [0, 0.1) is 0 Å². The second-order valence-corrected chi connectivity index (χ2v) is 6.48. The van der Waals surface area contributed by atoms with Gasteiger partial charge in [-0.05, 0) is 17.7 Å². The van der Waals surface area contributed by atoms with Gasteiger partial charge in [-0.25, -0.2) is 8.42 Å². The van der Waals surface area contributed by atoms with E-state index >= 15 is 0 Å². The fourth-order valence-electron chi connectivity index (χ4n) is 1.86. The molecule has 0 saturated carbocycles. The van der Waals surface area contributed by atoms with Crippen molar-refractivity contribution in [2.45, 2.75) is 6.54 Å². The number of sulfone groups is 1. The van der Waals surface area contributed by atoms with Crippen molar-refractivity contribution in [2.24, 2.45) is 0 Å². The van der Waals surface area contributed by atoms with Gasteiger partial charge < -0.3 is 5.73 Å². The number of benzene rings is 1. The van der Waals surface area contributed by atoms with Crippen LogP contribution in [-0.2, 0) is 16.4 Å². The van der Waals surface area contributed by atoms with E-state index in [1.54, 1.807) is 0 Å². The Morgan fingerprint density at radius 3 is 2.47 bits per heavy atom. The molecule has 96 valence electrons. The molecule has 1 aliphatic heterocycles. The van der Waals surface area contributed by atoms with Gasteiger partial charge in [0.1, 0.15) is 0 Å². The third-order valence-electron chi connectivity index (χ3n) is 2.79. The number of hydrogen-bond acceptors (Lipinski definition) is 4. The van der Waals surface area contributed by atoms with Gasteiger partial charge >= 0.3 is 0 Å². The topological polar surface area (TPSA) is 63.4 Å². The predicted octanol–water partition coefficient (Wildman–Crippen LogP) is 0.921. The van der Waals surface area contributed by atoms with Gasteiger partial charge in [0, 0.05) is 25.3 Å². The van der Waals surface area contributed by atoms with Crippen molar-refractivity contribution >= 4 is 27.9 Å². The molecule has 4 nitrogen and oxygen atoms in total. The monoisotopic (exact) mass is 276 g/mol. The van der Waals surface area contributed by atoms with Crippen molar-refractivity contribution in [1.29, 1.82) is 0 Å². The first-order valence-electron chi connectivity index (χ1n) is 5.32. The number of nitrogen functional groups attached to an aromatic ring is 1. The van der Waals surface area contributed by atoms with Gasteiger partial charge in [-0.15, -0.1) is 12.4 Å². The molecule has 2 N–H and O–H groups in total. The molecule has 0 unspecified atom stereocenters. The minimum atomic E-state index is -2.78. The first-order chi connectivity index (χ1) is 7.55. The van der Waals surface area contributed by atoms with Gasteiger partial charge in [0.05, 0.1) is 11.5 Å². The first kappa shape index (κ1) is 14.3. The summed E-state index contributed by atoms with van der Waals surface area (Å²) in [5, 5.41) is 0. The van der Waals surface area contributed by atoms with Crippen LogP contribution in [0.1, 0.15) is 5.56 Å². The second-order valence-electron chi connectivity index (χ2n) is 4.17. The summed E-state index contributed by atoms with van der Waals surface area (Å²) in [6.45, 7) is 2.02. The molecule has 17 heavy (non-hydrogen) atoms. The summed E-state index contributed by atoms with van der Waals surface area (Å²) >= 11 is 0. The Kier molecular flexibility index (Phi) is 4.80. The smallest absolute Gasteiger partial charge is 0.152 e. The van der Waals surface area contributed by atoms with E-state index in [0.29, 0.717) is 13.1 Å². The Hall–Kier alpha value is -0.780. The minimum absolute atomic E-state index is 0. The molecular formula is C11H17ClN2O2S. The molecular weight excluding hydrogens is 260 g/mol. The van der Waals surface area contributed by atoms with Crippen LogP contribution in [0.3, 0.4) is 0 Å². The quantitative estimate of drug-likeness (QED) is 0.816.